The summed E-state index contributed by atoms with van der Waals surface area (Å²) in [7, 11) is 0. The minimum atomic E-state index is -0.879. The van der Waals surface area contributed by atoms with Gasteiger partial charge in [0.2, 0.25) is 0 Å². The number of carboxylic acids is 1. The van der Waals surface area contributed by atoms with Crippen LogP contribution in [-0.4, -0.2) is 16.1 Å². The molecule has 5 heteroatoms. The molecule has 0 amide bonds. The maximum absolute atomic E-state index is 11.3. The van der Waals surface area contributed by atoms with E-state index in [0.717, 1.165) is 27.8 Å². The molecule has 2 aromatic carbocycles. The fraction of sp³-hybridized carbons (Fsp3) is 0.158. The van der Waals surface area contributed by atoms with Crippen molar-refractivity contribution in [3.8, 4) is 0 Å². The second-order valence-corrected chi connectivity index (χ2v) is 5.99. The van der Waals surface area contributed by atoms with Crippen LogP contribution in [0, 0.1) is 6.92 Å². The smallest absolute Gasteiger partial charge is 0.307 e. The third kappa shape index (κ3) is 3.34. The molecule has 0 unspecified atom stereocenters. The van der Waals surface area contributed by atoms with Gasteiger partial charge in [-0.05, 0) is 24.6 Å². The third-order valence-electron chi connectivity index (χ3n) is 3.94. The van der Waals surface area contributed by atoms with Crippen molar-refractivity contribution < 1.29 is 9.90 Å². The number of para-hydroxylation sites is 1. The van der Waals surface area contributed by atoms with Crippen molar-refractivity contribution in [3.63, 3.8) is 0 Å². The van der Waals surface area contributed by atoms with Crippen LogP contribution in [0.2, 0.25) is 5.02 Å². The number of hydrogen-bond acceptors (Lipinski definition) is 3. The van der Waals surface area contributed by atoms with Gasteiger partial charge in [0, 0.05) is 33.9 Å². The summed E-state index contributed by atoms with van der Waals surface area (Å²) in [5.74, 6) is -0.879. The number of pyridine rings is 1. The molecule has 0 saturated carbocycles. The highest BCUT2D eigenvalue weighted by atomic mass is 35.5. The molecule has 1 heterocycles. The Labute approximate surface area is 145 Å². The molecule has 24 heavy (non-hydrogen) atoms. The van der Waals surface area contributed by atoms with Crippen molar-refractivity contribution >= 4 is 34.2 Å². The lowest BCUT2D eigenvalue weighted by atomic mass is 10.0. The van der Waals surface area contributed by atoms with Gasteiger partial charge in [0.15, 0.2) is 0 Å². The van der Waals surface area contributed by atoms with E-state index in [1.165, 1.54) is 0 Å². The number of halogens is 1. The van der Waals surface area contributed by atoms with Gasteiger partial charge >= 0.3 is 5.97 Å². The number of fused-ring (bicyclic) bond motifs is 1. The Morgan fingerprint density at radius 3 is 2.62 bits per heavy atom. The van der Waals surface area contributed by atoms with Crippen molar-refractivity contribution in [3.05, 3.63) is 70.4 Å². The number of benzene rings is 2. The van der Waals surface area contributed by atoms with Crippen LogP contribution in [-0.2, 0) is 17.8 Å². The first kappa shape index (κ1) is 16.3. The summed E-state index contributed by atoms with van der Waals surface area (Å²) in [5, 5.41) is 14.2. The summed E-state index contributed by atoms with van der Waals surface area (Å²) >= 11 is 6.22. The number of nitrogens with zero attached hydrogens (tertiary/aromatic N) is 1. The predicted molar refractivity (Wildman–Crippen MR) is 96.6 cm³/mol. The Hall–Kier alpha value is -2.59. The number of carbonyl (C=O) groups is 1. The van der Waals surface area contributed by atoms with E-state index in [4.69, 9.17) is 11.6 Å². The molecule has 2 N–H and O–H groups in total. The summed E-state index contributed by atoms with van der Waals surface area (Å²) in [4.78, 5) is 15.8. The molecule has 0 spiro atoms. The van der Waals surface area contributed by atoms with Crippen LogP contribution in [0.1, 0.15) is 16.8 Å². The van der Waals surface area contributed by atoms with Gasteiger partial charge in [-0.3, -0.25) is 9.78 Å². The van der Waals surface area contributed by atoms with E-state index in [-0.39, 0.29) is 6.42 Å². The predicted octanol–water partition coefficient (Wildman–Crippen LogP) is 4.44. The highest BCUT2D eigenvalue weighted by Gasteiger charge is 2.15. The SMILES string of the molecule is Cc1nc2ccccc2c(NCc2ccccc2Cl)c1CC(=O)O. The first-order valence-corrected chi connectivity index (χ1v) is 8.01. The number of aliphatic carboxylic acids is 1. The van der Waals surface area contributed by atoms with Crippen LogP contribution in [0.4, 0.5) is 5.69 Å². The zero-order valence-electron chi connectivity index (χ0n) is 13.2. The first-order valence-electron chi connectivity index (χ1n) is 7.63. The lowest BCUT2D eigenvalue weighted by Gasteiger charge is -2.16. The largest absolute Gasteiger partial charge is 0.481 e. The number of nitrogens with one attached hydrogen (secondary N) is 1. The van der Waals surface area contributed by atoms with Gasteiger partial charge in [-0.25, -0.2) is 0 Å². The standard InChI is InChI=1S/C19H17ClN2O2/c1-12-15(10-18(23)24)19(14-7-3-5-9-17(14)22-12)21-11-13-6-2-4-8-16(13)20/h2-9H,10-11H2,1H3,(H,21,22)(H,23,24). The molecule has 0 aliphatic carbocycles. The molecular formula is C19H17ClN2O2. The van der Waals surface area contributed by atoms with Crippen molar-refractivity contribution in [1.82, 2.24) is 4.98 Å². The molecule has 0 aliphatic heterocycles. The Balaban J connectivity index is 2.06. The summed E-state index contributed by atoms with van der Waals surface area (Å²) in [5.41, 5.74) is 4.02. The average molecular weight is 341 g/mol. The summed E-state index contributed by atoms with van der Waals surface area (Å²) < 4.78 is 0. The number of carboxylic acid groups (broad SMARTS) is 1. The van der Waals surface area contributed by atoms with Crippen molar-refractivity contribution in [2.75, 3.05) is 5.32 Å². The van der Waals surface area contributed by atoms with Gasteiger partial charge in [-0.2, -0.15) is 0 Å². The van der Waals surface area contributed by atoms with Gasteiger partial charge in [-0.15, -0.1) is 0 Å². The van der Waals surface area contributed by atoms with E-state index < -0.39 is 5.97 Å². The zero-order chi connectivity index (χ0) is 17.1. The number of hydrogen-bond donors (Lipinski definition) is 2. The third-order valence-corrected chi connectivity index (χ3v) is 4.31. The Morgan fingerprint density at radius 1 is 1.17 bits per heavy atom. The van der Waals surface area contributed by atoms with E-state index in [1.54, 1.807) is 0 Å². The fourth-order valence-corrected chi connectivity index (χ4v) is 2.97. The quantitative estimate of drug-likeness (QED) is 0.721. The molecule has 1 aromatic heterocycles. The van der Waals surface area contributed by atoms with Crippen molar-refractivity contribution in [1.29, 1.82) is 0 Å². The number of aryl methyl sites for hydroxylation is 1. The Morgan fingerprint density at radius 2 is 1.88 bits per heavy atom. The maximum atomic E-state index is 11.3. The van der Waals surface area contributed by atoms with E-state index >= 15 is 0 Å². The van der Waals surface area contributed by atoms with Crippen LogP contribution in [0.3, 0.4) is 0 Å². The number of aromatic nitrogens is 1. The Kier molecular flexibility index (Phi) is 4.67. The lowest BCUT2D eigenvalue weighted by molar-refractivity contribution is -0.136. The second kappa shape index (κ2) is 6.89. The van der Waals surface area contributed by atoms with Crippen LogP contribution in [0.25, 0.3) is 10.9 Å². The van der Waals surface area contributed by atoms with Crippen molar-refractivity contribution in [2.24, 2.45) is 0 Å². The average Bonchev–Trinajstić information content (AvgIpc) is 2.55. The van der Waals surface area contributed by atoms with Gasteiger partial charge in [-0.1, -0.05) is 48.0 Å². The van der Waals surface area contributed by atoms with Crippen molar-refractivity contribution in [2.45, 2.75) is 19.9 Å². The first-order chi connectivity index (χ1) is 11.6. The summed E-state index contributed by atoms with van der Waals surface area (Å²) in [6.45, 7) is 2.35. The van der Waals surface area contributed by atoms with Gasteiger partial charge in [0.25, 0.3) is 0 Å². The lowest BCUT2D eigenvalue weighted by Crippen LogP contribution is -2.10. The molecule has 122 valence electrons. The van der Waals surface area contributed by atoms with Crippen LogP contribution >= 0.6 is 11.6 Å². The minimum Gasteiger partial charge on any atom is -0.481 e. The van der Waals surface area contributed by atoms with Crippen LogP contribution in [0.5, 0.6) is 0 Å². The summed E-state index contributed by atoms with van der Waals surface area (Å²) in [6.07, 6.45) is -0.0749. The van der Waals surface area contributed by atoms with Gasteiger partial charge < -0.3 is 10.4 Å². The Bertz CT molecular complexity index is 909. The molecule has 0 saturated heterocycles. The normalized spacial score (nSPS) is 10.8. The molecule has 4 nitrogen and oxygen atoms in total. The molecule has 0 radical (unpaired) electrons. The highest BCUT2D eigenvalue weighted by Crippen LogP contribution is 2.30. The van der Waals surface area contributed by atoms with Crippen LogP contribution < -0.4 is 5.32 Å². The molecule has 3 rings (SSSR count). The second-order valence-electron chi connectivity index (χ2n) is 5.58. The molecule has 0 aliphatic rings. The fourth-order valence-electron chi connectivity index (χ4n) is 2.77. The number of rotatable bonds is 5. The van der Waals surface area contributed by atoms with E-state index in [0.29, 0.717) is 17.1 Å². The minimum absolute atomic E-state index is 0.0749. The topological polar surface area (TPSA) is 62.2 Å². The van der Waals surface area contributed by atoms with E-state index in [2.05, 4.69) is 10.3 Å². The molecule has 3 aromatic rings. The van der Waals surface area contributed by atoms with E-state index in [9.17, 15) is 9.90 Å². The molecule has 0 bridgehead atoms. The van der Waals surface area contributed by atoms with Crippen LogP contribution in [0.15, 0.2) is 48.5 Å². The monoisotopic (exact) mass is 340 g/mol. The maximum Gasteiger partial charge on any atom is 0.307 e. The molecular weight excluding hydrogens is 324 g/mol. The van der Waals surface area contributed by atoms with E-state index in [1.807, 2.05) is 55.5 Å². The summed E-state index contributed by atoms with van der Waals surface area (Å²) in [6, 6.07) is 15.3. The highest BCUT2D eigenvalue weighted by molar-refractivity contribution is 6.31. The molecule has 0 fully saturated rings. The van der Waals surface area contributed by atoms with Gasteiger partial charge in [0.05, 0.1) is 11.9 Å². The molecule has 0 atom stereocenters. The zero-order valence-corrected chi connectivity index (χ0v) is 14.0. The van der Waals surface area contributed by atoms with Gasteiger partial charge in [0.1, 0.15) is 0 Å². The number of anilines is 1.